The quantitative estimate of drug-likeness (QED) is 0.651. The SMILES string of the molecule is CN(C)CCCN1CC(C(=O)NCCN(C)C)CC1=O. The van der Waals surface area contributed by atoms with E-state index in [-0.39, 0.29) is 17.7 Å². The molecule has 0 radical (unpaired) electrons. The average molecular weight is 284 g/mol. The summed E-state index contributed by atoms with van der Waals surface area (Å²) in [6.07, 6.45) is 1.31. The van der Waals surface area contributed by atoms with Crippen LogP contribution in [0.3, 0.4) is 0 Å². The molecule has 0 aromatic rings. The van der Waals surface area contributed by atoms with E-state index in [1.165, 1.54) is 0 Å². The molecule has 1 rings (SSSR count). The van der Waals surface area contributed by atoms with E-state index in [2.05, 4.69) is 10.2 Å². The number of carbonyl (C=O) groups excluding carboxylic acids is 2. The van der Waals surface area contributed by atoms with Gasteiger partial charge in [0, 0.05) is 32.6 Å². The summed E-state index contributed by atoms with van der Waals surface area (Å²) in [6.45, 7) is 3.73. The molecular formula is C14H28N4O2. The molecule has 1 aliphatic rings. The van der Waals surface area contributed by atoms with Crippen LogP contribution in [0.5, 0.6) is 0 Å². The van der Waals surface area contributed by atoms with Crippen molar-refractivity contribution in [2.45, 2.75) is 12.8 Å². The van der Waals surface area contributed by atoms with Gasteiger partial charge in [-0.3, -0.25) is 9.59 Å². The van der Waals surface area contributed by atoms with E-state index in [0.29, 0.717) is 19.5 Å². The minimum atomic E-state index is -0.177. The zero-order valence-corrected chi connectivity index (χ0v) is 13.2. The lowest BCUT2D eigenvalue weighted by Gasteiger charge is -2.18. The van der Waals surface area contributed by atoms with Crippen molar-refractivity contribution >= 4 is 11.8 Å². The molecule has 1 fully saturated rings. The van der Waals surface area contributed by atoms with Crippen LogP contribution in [0, 0.1) is 5.92 Å². The summed E-state index contributed by atoms with van der Waals surface area (Å²) in [5.41, 5.74) is 0. The standard InChI is InChI=1S/C14H28N4O2/c1-16(2)7-5-8-18-11-12(10-13(18)19)14(20)15-6-9-17(3)4/h12H,5-11H2,1-4H3,(H,15,20). The van der Waals surface area contributed by atoms with E-state index < -0.39 is 0 Å². The molecule has 6 nitrogen and oxygen atoms in total. The largest absolute Gasteiger partial charge is 0.355 e. The molecule has 1 atom stereocenters. The van der Waals surface area contributed by atoms with E-state index in [9.17, 15) is 9.59 Å². The van der Waals surface area contributed by atoms with Crippen LogP contribution in [0.2, 0.25) is 0 Å². The molecule has 20 heavy (non-hydrogen) atoms. The fourth-order valence-corrected chi connectivity index (χ4v) is 2.29. The van der Waals surface area contributed by atoms with Gasteiger partial charge < -0.3 is 20.0 Å². The van der Waals surface area contributed by atoms with Gasteiger partial charge >= 0.3 is 0 Å². The molecule has 116 valence electrons. The number of carbonyl (C=O) groups is 2. The summed E-state index contributed by atoms with van der Waals surface area (Å²) in [4.78, 5) is 29.8. The lowest BCUT2D eigenvalue weighted by atomic mass is 10.1. The van der Waals surface area contributed by atoms with Crippen molar-refractivity contribution in [2.75, 3.05) is 60.9 Å². The van der Waals surface area contributed by atoms with Gasteiger partial charge in [0.25, 0.3) is 0 Å². The van der Waals surface area contributed by atoms with Crippen LogP contribution < -0.4 is 5.32 Å². The predicted molar refractivity (Wildman–Crippen MR) is 79.4 cm³/mol. The van der Waals surface area contributed by atoms with Gasteiger partial charge in [-0.2, -0.15) is 0 Å². The molecule has 2 amide bonds. The summed E-state index contributed by atoms with van der Waals surface area (Å²) in [7, 11) is 7.98. The second-order valence-corrected chi connectivity index (χ2v) is 5.99. The van der Waals surface area contributed by atoms with Gasteiger partial charge in [-0.25, -0.2) is 0 Å². The highest BCUT2D eigenvalue weighted by molar-refractivity contribution is 5.89. The van der Waals surface area contributed by atoms with Gasteiger partial charge in [0.1, 0.15) is 0 Å². The van der Waals surface area contributed by atoms with E-state index in [1.807, 2.05) is 38.0 Å². The van der Waals surface area contributed by atoms with Gasteiger partial charge in [0.15, 0.2) is 0 Å². The first-order valence-corrected chi connectivity index (χ1v) is 7.25. The highest BCUT2D eigenvalue weighted by atomic mass is 16.2. The van der Waals surface area contributed by atoms with Crippen molar-refractivity contribution in [3.05, 3.63) is 0 Å². The number of hydrogen-bond donors (Lipinski definition) is 1. The van der Waals surface area contributed by atoms with E-state index in [0.717, 1.165) is 26.1 Å². The Morgan fingerprint density at radius 2 is 1.90 bits per heavy atom. The fraction of sp³-hybridized carbons (Fsp3) is 0.857. The summed E-state index contributed by atoms with van der Waals surface area (Å²) in [5.74, 6) is -0.0594. The molecule has 0 bridgehead atoms. The Balaban J connectivity index is 2.29. The lowest BCUT2D eigenvalue weighted by molar-refractivity contribution is -0.129. The number of nitrogens with zero attached hydrogens (tertiary/aromatic N) is 3. The first-order chi connectivity index (χ1) is 9.40. The van der Waals surface area contributed by atoms with Crippen LogP contribution in [-0.2, 0) is 9.59 Å². The zero-order chi connectivity index (χ0) is 15.1. The second-order valence-electron chi connectivity index (χ2n) is 5.99. The Hall–Kier alpha value is -1.14. The lowest BCUT2D eigenvalue weighted by Crippen LogP contribution is -2.37. The first kappa shape index (κ1) is 16.9. The molecule has 0 aromatic heterocycles. The molecule has 6 heteroatoms. The van der Waals surface area contributed by atoms with Gasteiger partial charge in [0.2, 0.25) is 11.8 Å². The van der Waals surface area contributed by atoms with Crippen molar-refractivity contribution in [2.24, 2.45) is 5.92 Å². The highest BCUT2D eigenvalue weighted by Gasteiger charge is 2.33. The van der Waals surface area contributed by atoms with Crippen molar-refractivity contribution in [1.29, 1.82) is 0 Å². The third kappa shape index (κ3) is 5.88. The predicted octanol–water partition coefficient (Wildman–Crippen LogP) is -0.536. The maximum absolute atomic E-state index is 12.0. The Morgan fingerprint density at radius 1 is 1.25 bits per heavy atom. The molecular weight excluding hydrogens is 256 g/mol. The normalized spacial score (nSPS) is 19.2. The maximum Gasteiger partial charge on any atom is 0.225 e. The minimum absolute atomic E-state index is 0.00955. The summed E-state index contributed by atoms with van der Waals surface area (Å²) < 4.78 is 0. The van der Waals surface area contributed by atoms with Crippen LogP contribution in [0.4, 0.5) is 0 Å². The Bertz CT molecular complexity index is 331. The summed E-state index contributed by atoms with van der Waals surface area (Å²) in [5, 5.41) is 2.90. The number of amides is 2. The molecule has 1 aliphatic heterocycles. The topological polar surface area (TPSA) is 55.9 Å². The molecule has 1 saturated heterocycles. The molecule has 0 aromatic carbocycles. The molecule has 1 N–H and O–H groups in total. The number of rotatable bonds is 8. The maximum atomic E-state index is 12.0. The zero-order valence-electron chi connectivity index (χ0n) is 13.2. The smallest absolute Gasteiger partial charge is 0.225 e. The van der Waals surface area contributed by atoms with E-state index in [1.54, 1.807) is 0 Å². The van der Waals surface area contributed by atoms with Crippen molar-refractivity contribution < 1.29 is 9.59 Å². The molecule has 0 aliphatic carbocycles. The van der Waals surface area contributed by atoms with E-state index in [4.69, 9.17) is 0 Å². The monoisotopic (exact) mass is 284 g/mol. The van der Waals surface area contributed by atoms with Gasteiger partial charge in [-0.15, -0.1) is 0 Å². The fourth-order valence-electron chi connectivity index (χ4n) is 2.29. The number of hydrogen-bond acceptors (Lipinski definition) is 4. The van der Waals surface area contributed by atoms with Crippen LogP contribution in [-0.4, -0.2) is 87.4 Å². The number of likely N-dealkylation sites (tertiary alicyclic amines) is 1. The Kier molecular flexibility index (Phi) is 6.95. The van der Waals surface area contributed by atoms with Crippen molar-refractivity contribution in [3.63, 3.8) is 0 Å². The third-order valence-corrected chi connectivity index (χ3v) is 3.48. The molecule has 1 heterocycles. The van der Waals surface area contributed by atoms with Crippen LogP contribution in [0.25, 0.3) is 0 Å². The Labute approximate surface area is 122 Å². The Morgan fingerprint density at radius 3 is 2.50 bits per heavy atom. The number of nitrogens with one attached hydrogen (secondary N) is 1. The van der Waals surface area contributed by atoms with Gasteiger partial charge in [0.05, 0.1) is 5.92 Å². The van der Waals surface area contributed by atoms with Crippen molar-refractivity contribution in [1.82, 2.24) is 20.0 Å². The van der Waals surface area contributed by atoms with Crippen LogP contribution in [0.1, 0.15) is 12.8 Å². The number of likely N-dealkylation sites (N-methyl/N-ethyl adjacent to an activating group) is 1. The third-order valence-electron chi connectivity index (χ3n) is 3.48. The average Bonchev–Trinajstić information content (AvgIpc) is 2.70. The van der Waals surface area contributed by atoms with Crippen LogP contribution >= 0.6 is 0 Å². The van der Waals surface area contributed by atoms with Gasteiger partial charge in [-0.05, 0) is 41.2 Å². The van der Waals surface area contributed by atoms with Crippen LogP contribution in [0.15, 0.2) is 0 Å². The first-order valence-electron chi connectivity index (χ1n) is 7.25. The summed E-state index contributed by atoms with van der Waals surface area (Å²) in [6, 6.07) is 0. The summed E-state index contributed by atoms with van der Waals surface area (Å²) >= 11 is 0. The molecule has 0 spiro atoms. The second kappa shape index (κ2) is 8.21. The molecule has 0 saturated carbocycles. The molecule has 1 unspecified atom stereocenters. The minimum Gasteiger partial charge on any atom is -0.355 e. The van der Waals surface area contributed by atoms with Crippen molar-refractivity contribution in [3.8, 4) is 0 Å². The highest BCUT2D eigenvalue weighted by Crippen LogP contribution is 2.18. The van der Waals surface area contributed by atoms with E-state index >= 15 is 0 Å². The van der Waals surface area contributed by atoms with Gasteiger partial charge in [-0.1, -0.05) is 0 Å².